The average molecular weight is 269 g/mol. The Morgan fingerprint density at radius 3 is 2.52 bits per heavy atom. The molecule has 0 aliphatic heterocycles. The molecule has 21 heavy (non-hydrogen) atoms. The van der Waals surface area contributed by atoms with Crippen LogP contribution in [-0.2, 0) is 0 Å². The summed E-state index contributed by atoms with van der Waals surface area (Å²) in [5.41, 5.74) is 2.58. The zero-order chi connectivity index (χ0) is 14.1. The van der Waals surface area contributed by atoms with E-state index in [9.17, 15) is 0 Å². The first-order valence-corrected chi connectivity index (χ1v) is 6.75. The molecule has 3 aromatic carbocycles. The predicted octanol–water partition coefficient (Wildman–Crippen LogP) is 4.38. The number of para-hydroxylation sites is 2. The van der Waals surface area contributed by atoms with Crippen LogP contribution in [0.5, 0.6) is 0 Å². The standard InChI is InChI=1S/C19H11NO/c1-2-9-16-14(6-1)7-5-8-15(16)12-13-19-20-17-10-3-4-11-18(17)21-19/h1-11H. The topological polar surface area (TPSA) is 26.0 Å². The van der Waals surface area contributed by atoms with Crippen molar-refractivity contribution in [3.05, 3.63) is 78.2 Å². The summed E-state index contributed by atoms with van der Waals surface area (Å²) in [5, 5.41) is 2.32. The van der Waals surface area contributed by atoms with Crippen LogP contribution in [0.4, 0.5) is 0 Å². The van der Waals surface area contributed by atoms with Crippen LogP contribution in [0.2, 0.25) is 0 Å². The van der Waals surface area contributed by atoms with Crippen LogP contribution in [0, 0.1) is 11.8 Å². The Bertz CT molecular complexity index is 964. The molecule has 2 nitrogen and oxygen atoms in total. The van der Waals surface area contributed by atoms with Gasteiger partial charge in [0.05, 0.1) is 0 Å². The summed E-state index contributed by atoms with van der Waals surface area (Å²) in [5.74, 6) is 6.62. The molecular formula is C19H11NO. The van der Waals surface area contributed by atoms with Crippen molar-refractivity contribution < 1.29 is 4.42 Å². The lowest BCUT2D eigenvalue weighted by molar-refractivity contribution is 0.586. The van der Waals surface area contributed by atoms with Crippen molar-refractivity contribution in [3.8, 4) is 11.8 Å². The molecule has 0 aliphatic carbocycles. The maximum atomic E-state index is 5.62. The van der Waals surface area contributed by atoms with E-state index in [0.717, 1.165) is 22.0 Å². The molecule has 0 unspecified atom stereocenters. The average Bonchev–Trinajstić information content (AvgIpc) is 2.96. The van der Waals surface area contributed by atoms with Crippen molar-refractivity contribution in [2.45, 2.75) is 0 Å². The van der Waals surface area contributed by atoms with Crippen molar-refractivity contribution in [2.24, 2.45) is 0 Å². The molecule has 0 spiro atoms. The Hall–Kier alpha value is -3.05. The lowest BCUT2D eigenvalue weighted by Crippen LogP contribution is -1.79. The van der Waals surface area contributed by atoms with Crippen LogP contribution in [0.1, 0.15) is 11.5 Å². The van der Waals surface area contributed by atoms with Crippen LogP contribution in [0.25, 0.3) is 21.9 Å². The molecule has 1 heterocycles. The Balaban J connectivity index is 1.81. The van der Waals surface area contributed by atoms with Gasteiger partial charge in [-0.25, -0.2) is 4.98 Å². The summed E-state index contributed by atoms with van der Waals surface area (Å²) in [6.07, 6.45) is 0. The summed E-state index contributed by atoms with van der Waals surface area (Å²) in [6, 6.07) is 22.0. The van der Waals surface area contributed by atoms with E-state index in [-0.39, 0.29) is 0 Å². The molecule has 0 aliphatic rings. The third-order valence-corrected chi connectivity index (χ3v) is 3.39. The first-order valence-electron chi connectivity index (χ1n) is 6.75. The van der Waals surface area contributed by atoms with Gasteiger partial charge >= 0.3 is 0 Å². The van der Waals surface area contributed by atoms with Crippen molar-refractivity contribution in [3.63, 3.8) is 0 Å². The molecule has 0 saturated carbocycles. The van der Waals surface area contributed by atoms with Gasteiger partial charge in [-0.3, -0.25) is 0 Å². The largest absolute Gasteiger partial charge is 0.430 e. The number of hydrogen-bond donors (Lipinski definition) is 0. The van der Waals surface area contributed by atoms with E-state index in [2.05, 4.69) is 35.0 Å². The maximum absolute atomic E-state index is 5.62. The molecule has 2 heteroatoms. The third-order valence-electron chi connectivity index (χ3n) is 3.39. The zero-order valence-electron chi connectivity index (χ0n) is 11.2. The highest BCUT2D eigenvalue weighted by Crippen LogP contribution is 2.18. The fourth-order valence-electron chi connectivity index (χ4n) is 2.38. The number of oxazole rings is 1. The summed E-state index contributed by atoms with van der Waals surface area (Å²) in [4.78, 5) is 4.37. The zero-order valence-corrected chi connectivity index (χ0v) is 11.2. The molecule has 0 N–H and O–H groups in total. The van der Waals surface area contributed by atoms with Gasteiger partial charge in [-0.2, -0.15) is 0 Å². The molecule has 4 aromatic rings. The first-order chi connectivity index (χ1) is 10.4. The summed E-state index contributed by atoms with van der Waals surface area (Å²) in [6.45, 7) is 0. The minimum atomic E-state index is 0.448. The van der Waals surface area contributed by atoms with E-state index >= 15 is 0 Å². The van der Waals surface area contributed by atoms with Crippen LogP contribution in [-0.4, -0.2) is 4.98 Å². The molecule has 4 rings (SSSR count). The molecule has 0 radical (unpaired) electrons. The highest BCUT2D eigenvalue weighted by Gasteiger charge is 2.01. The van der Waals surface area contributed by atoms with Gasteiger partial charge in [0.1, 0.15) is 5.52 Å². The smallest absolute Gasteiger partial charge is 0.274 e. The fourth-order valence-corrected chi connectivity index (χ4v) is 2.38. The van der Waals surface area contributed by atoms with Gasteiger partial charge in [-0.15, -0.1) is 0 Å². The van der Waals surface area contributed by atoms with Gasteiger partial charge in [0.2, 0.25) is 0 Å². The van der Waals surface area contributed by atoms with Gasteiger partial charge < -0.3 is 4.42 Å². The van der Waals surface area contributed by atoms with E-state index < -0.39 is 0 Å². The lowest BCUT2D eigenvalue weighted by atomic mass is 10.1. The van der Waals surface area contributed by atoms with Crippen molar-refractivity contribution in [1.82, 2.24) is 4.98 Å². The van der Waals surface area contributed by atoms with Crippen LogP contribution in [0.3, 0.4) is 0 Å². The van der Waals surface area contributed by atoms with Crippen LogP contribution in [0.15, 0.2) is 71.1 Å². The molecular weight excluding hydrogens is 258 g/mol. The second-order valence-electron chi connectivity index (χ2n) is 4.76. The molecule has 98 valence electrons. The van der Waals surface area contributed by atoms with E-state index in [1.807, 2.05) is 48.5 Å². The SMILES string of the molecule is C(#Cc1cccc2ccccc12)c1nc2ccccc2o1. The molecule has 0 atom stereocenters. The summed E-state index contributed by atoms with van der Waals surface area (Å²) in [7, 11) is 0. The van der Waals surface area contributed by atoms with E-state index in [1.54, 1.807) is 0 Å². The number of aromatic nitrogens is 1. The van der Waals surface area contributed by atoms with Crippen LogP contribution >= 0.6 is 0 Å². The quantitative estimate of drug-likeness (QED) is 0.443. The first kappa shape index (κ1) is 11.7. The number of benzene rings is 3. The summed E-state index contributed by atoms with van der Waals surface area (Å²) < 4.78 is 5.62. The number of nitrogens with zero attached hydrogens (tertiary/aromatic N) is 1. The van der Waals surface area contributed by atoms with E-state index in [1.165, 1.54) is 5.39 Å². The van der Waals surface area contributed by atoms with Gasteiger partial charge in [0, 0.05) is 5.56 Å². The Morgan fingerprint density at radius 2 is 1.57 bits per heavy atom. The van der Waals surface area contributed by atoms with Crippen LogP contribution < -0.4 is 0 Å². The highest BCUT2D eigenvalue weighted by atomic mass is 16.3. The lowest BCUT2D eigenvalue weighted by Gasteiger charge is -1.98. The van der Waals surface area contributed by atoms with E-state index in [0.29, 0.717) is 5.89 Å². The molecule has 0 bridgehead atoms. The monoisotopic (exact) mass is 269 g/mol. The fraction of sp³-hybridized carbons (Fsp3) is 0. The summed E-state index contributed by atoms with van der Waals surface area (Å²) >= 11 is 0. The van der Waals surface area contributed by atoms with Crippen molar-refractivity contribution >= 4 is 21.9 Å². The molecule has 1 aromatic heterocycles. The Labute approximate surface area is 122 Å². The van der Waals surface area contributed by atoms with Gasteiger partial charge in [-0.1, -0.05) is 54.5 Å². The Kier molecular flexibility index (Phi) is 2.69. The number of rotatable bonds is 0. The Morgan fingerprint density at radius 1 is 0.762 bits per heavy atom. The molecule has 0 amide bonds. The maximum Gasteiger partial charge on any atom is 0.274 e. The van der Waals surface area contributed by atoms with Crippen molar-refractivity contribution in [1.29, 1.82) is 0 Å². The third kappa shape index (κ3) is 2.15. The highest BCUT2D eigenvalue weighted by molar-refractivity contribution is 5.88. The second kappa shape index (κ2) is 4.81. The normalized spacial score (nSPS) is 10.5. The molecule has 0 fully saturated rings. The van der Waals surface area contributed by atoms with Crippen molar-refractivity contribution in [2.75, 3.05) is 0 Å². The predicted molar refractivity (Wildman–Crippen MR) is 83.9 cm³/mol. The van der Waals surface area contributed by atoms with E-state index in [4.69, 9.17) is 4.42 Å². The minimum absolute atomic E-state index is 0.448. The number of hydrogen-bond acceptors (Lipinski definition) is 2. The number of fused-ring (bicyclic) bond motifs is 2. The van der Waals surface area contributed by atoms with Gasteiger partial charge in [-0.05, 0) is 34.9 Å². The second-order valence-corrected chi connectivity index (χ2v) is 4.76. The minimum Gasteiger partial charge on any atom is -0.430 e. The van der Waals surface area contributed by atoms with Gasteiger partial charge in [0.25, 0.3) is 5.89 Å². The van der Waals surface area contributed by atoms with Gasteiger partial charge in [0.15, 0.2) is 5.58 Å². The molecule has 0 saturated heterocycles.